The van der Waals surface area contributed by atoms with E-state index in [1.54, 1.807) is 12.1 Å². The lowest BCUT2D eigenvalue weighted by atomic mass is 10.0. The molecule has 22 heavy (non-hydrogen) atoms. The van der Waals surface area contributed by atoms with E-state index in [-0.39, 0.29) is 11.9 Å². The van der Waals surface area contributed by atoms with E-state index in [1.165, 1.54) is 5.56 Å². The minimum absolute atomic E-state index is 0.103. The highest BCUT2D eigenvalue weighted by Crippen LogP contribution is 2.09. The maximum absolute atomic E-state index is 12.1. The van der Waals surface area contributed by atoms with E-state index in [0.29, 0.717) is 12.0 Å². The number of hydrogen-bond donors (Lipinski definition) is 1. The third-order valence-electron chi connectivity index (χ3n) is 3.61. The molecule has 2 aromatic carbocycles. The lowest BCUT2D eigenvalue weighted by Crippen LogP contribution is -2.35. The van der Waals surface area contributed by atoms with Gasteiger partial charge in [0, 0.05) is 18.0 Å². The third kappa shape index (κ3) is 5.17. The van der Waals surface area contributed by atoms with Gasteiger partial charge < -0.3 is 10.1 Å². The molecule has 0 spiro atoms. The van der Waals surface area contributed by atoms with Crippen molar-refractivity contribution in [3.05, 3.63) is 71.8 Å². The molecule has 0 bridgehead atoms. The number of aldehydes is 1. The van der Waals surface area contributed by atoms with Crippen molar-refractivity contribution in [1.82, 2.24) is 5.32 Å². The molecule has 0 heterocycles. The SMILES string of the molecule is O=CCC(CCCc1ccccc1)NC(=O)c1ccccc1. The van der Waals surface area contributed by atoms with Crippen LogP contribution in [0.25, 0.3) is 0 Å². The van der Waals surface area contributed by atoms with Gasteiger partial charge in [-0.1, -0.05) is 48.5 Å². The molecule has 1 N–H and O–H groups in total. The summed E-state index contributed by atoms with van der Waals surface area (Å²) in [6, 6.07) is 19.2. The zero-order valence-corrected chi connectivity index (χ0v) is 12.6. The van der Waals surface area contributed by atoms with E-state index < -0.39 is 0 Å². The molecule has 0 saturated heterocycles. The van der Waals surface area contributed by atoms with E-state index in [9.17, 15) is 9.59 Å². The third-order valence-corrected chi connectivity index (χ3v) is 3.61. The summed E-state index contributed by atoms with van der Waals surface area (Å²) < 4.78 is 0. The van der Waals surface area contributed by atoms with Crippen LogP contribution in [-0.2, 0) is 11.2 Å². The second-order valence-electron chi connectivity index (χ2n) is 5.32. The Bertz CT molecular complexity index is 581. The minimum atomic E-state index is -0.118. The van der Waals surface area contributed by atoms with Gasteiger partial charge in [0.2, 0.25) is 0 Å². The van der Waals surface area contributed by atoms with Crippen LogP contribution in [0.4, 0.5) is 0 Å². The molecule has 0 aliphatic carbocycles. The number of carbonyl (C=O) groups excluding carboxylic acids is 2. The standard InChI is InChI=1S/C19H21NO2/c21-15-14-18(13-7-10-16-8-3-1-4-9-16)20-19(22)17-11-5-2-6-12-17/h1-6,8-9,11-12,15,18H,7,10,13-14H2,(H,20,22). The van der Waals surface area contributed by atoms with Crippen LogP contribution >= 0.6 is 0 Å². The highest BCUT2D eigenvalue weighted by molar-refractivity contribution is 5.94. The topological polar surface area (TPSA) is 46.2 Å². The van der Waals surface area contributed by atoms with E-state index in [0.717, 1.165) is 25.5 Å². The van der Waals surface area contributed by atoms with Crippen molar-refractivity contribution < 1.29 is 9.59 Å². The Labute approximate surface area is 131 Å². The van der Waals surface area contributed by atoms with Crippen LogP contribution in [0.5, 0.6) is 0 Å². The van der Waals surface area contributed by atoms with Crippen molar-refractivity contribution in [2.24, 2.45) is 0 Å². The fraction of sp³-hybridized carbons (Fsp3) is 0.263. The van der Waals surface area contributed by atoms with Crippen LogP contribution in [0.15, 0.2) is 60.7 Å². The number of carbonyl (C=O) groups is 2. The van der Waals surface area contributed by atoms with Crippen LogP contribution < -0.4 is 5.32 Å². The monoisotopic (exact) mass is 295 g/mol. The molecule has 0 aliphatic heterocycles. The summed E-state index contributed by atoms with van der Waals surface area (Å²) in [6.45, 7) is 0. The minimum Gasteiger partial charge on any atom is -0.349 e. The van der Waals surface area contributed by atoms with Crippen molar-refractivity contribution in [3.8, 4) is 0 Å². The molecule has 1 unspecified atom stereocenters. The van der Waals surface area contributed by atoms with Crippen molar-refractivity contribution in [2.45, 2.75) is 31.7 Å². The van der Waals surface area contributed by atoms with Crippen molar-refractivity contribution in [2.75, 3.05) is 0 Å². The van der Waals surface area contributed by atoms with Crippen LogP contribution in [0, 0.1) is 0 Å². The maximum Gasteiger partial charge on any atom is 0.251 e. The van der Waals surface area contributed by atoms with Crippen molar-refractivity contribution in [1.29, 1.82) is 0 Å². The number of amides is 1. The van der Waals surface area contributed by atoms with Crippen molar-refractivity contribution in [3.63, 3.8) is 0 Å². The quantitative estimate of drug-likeness (QED) is 0.759. The van der Waals surface area contributed by atoms with Crippen LogP contribution in [0.1, 0.15) is 35.2 Å². The Hall–Kier alpha value is -2.42. The molecule has 0 radical (unpaired) electrons. The molecule has 114 valence electrons. The second-order valence-corrected chi connectivity index (χ2v) is 5.32. The fourth-order valence-corrected chi connectivity index (χ4v) is 2.42. The summed E-state index contributed by atoms with van der Waals surface area (Å²) >= 11 is 0. The first-order valence-corrected chi connectivity index (χ1v) is 7.63. The second kappa shape index (κ2) is 8.78. The van der Waals surface area contributed by atoms with Gasteiger partial charge >= 0.3 is 0 Å². The van der Waals surface area contributed by atoms with Gasteiger partial charge in [-0.15, -0.1) is 0 Å². The van der Waals surface area contributed by atoms with E-state index >= 15 is 0 Å². The number of rotatable bonds is 8. The fourth-order valence-electron chi connectivity index (χ4n) is 2.42. The molecular formula is C19H21NO2. The summed E-state index contributed by atoms with van der Waals surface area (Å²) in [5.41, 5.74) is 1.91. The summed E-state index contributed by atoms with van der Waals surface area (Å²) in [6.07, 6.45) is 3.92. The highest BCUT2D eigenvalue weighted by Gasteiger charge is 2.13. The maximum atomic E-state index is 12.1. The first kappa shape index (κ1) is 16.0. The van der Waals surface area contributed by atoms with Gasteiger partial charge in [0.25, 0.3) is 5.91 Å². The average molecular weight is 295 g/mol. The van der Waals surface area contributed by atoms with Gasteiger partial charge in [-0.2, -0.15) is 0 Å². The Balaban J connectivity index is 1.84. The number of benzene rings is 2. The molecule has 1 amide bonds. The lowest BCUT2D eigenvalue weighted by molar-refractivity contribution is -0.108. The largest absolute Gasteiger partial charge is 0.349 e. The molecule has 0 fully saturated rings. The molecule has 2 aromatic rings. The van der Waals surface area contributed by atoms with Gasteiger partial charge in [0.05, 0.1) is 0 Å². The van der Waals surface area contributed by atoms with Crippen LogP contribution in [-0.4, -0.2) is 18.2 Å². The van der Waals surface area contributed by atoms with E-state index in [1.807, 2.05) is 36.4 Å². The van der Waals surface area contributed by atoms with Gasteiger partial charge in [-0.25, -0.2) is 0 Å². The molecular weight excluding hydrogens is 274 g/mol. The van der Waals surface area contributed by atoms with Crippen LogP contribution in [0.2, 0.25) is 0 Å². The zero-order chi connectivity index (χ0) is 15.6. The van der Waals surface area contributed by atoms with E-state index in [4.69, 9.17) is 0 Å². The zero-order valence-electron chi connectivity index (χ0n) is 12.6. The molecule has 1 atom stereocenters. The molecule has 0 aliphatic rings. The first-order valence-electron chi connectivity index (χ1n) is 7.63. The Kier molecular flexibility index (Phi) is 6.37. The summed E-state index contributed by atoms with van der Waals surface area (Å²) in [4.78, 5) is 23.0. The number of hydrogen-bond acceptors (Lipinski definition) is 2. The Morgan fingerprint density at radius 1 is 1.00 bits per heavy atom. The summed E-state index contributed by atoms with van der Waals surface area (Å²) in [7, 11) is 0. The predicted molar refractivity (Wildman–Crippen MR) is 87.8 cm³/mol. The Morgan fingerprint density at radius 2 is 1.64 bits per heavy atom. The average Bonchev–Trinajstić information content (AvgIpc) is 2.57. The smallest absolute Gasteiger partial charge is 0.251 e. The van der Waals surface area contributed by atoms with Gasteiger partial charge in [0.15, 0.2) is 0 Å². The molecule has 0 aromatic heterocycles. The van der Waals surface area contributed by atoms with Crippen molar-refractivity contribution >= 4 is 12.2 Å². The van der Waals surface area contributed by atoms with Gasteiger partial charge in [0.1, 0.15) is 6.29 Å². The summed E-state index contributed by atoms with van der Waals surface area (Å²) in [5, 5.41) is 2.95. The number of aryl methyl sites for hydroxylation is 1. The van der Waals surface area contributed by atoms with E-state index in [2.05, 4.69) is 17.4 Å². The van der Waals surface area contributed by atoms with Gasteiger partial charge in [-0.3, -0.25) is 4.79 Å². The van der Waals surface area contributed by atoms with Gasteiger partial charge in [-0.05, 0) is 37.0 Å². The first-order chi connectivity index (χ1) is 10.8. The van der Waals surface area contributed by atoms with Crippen LogP contribution in [0.3, 0.4) is 0 Å². The molecule has 3 heteroatoms. The molecule has 0 saturated carbocycles. The molecule has 3 nitrogen and oxygen atoms in total. The Morgan fingerprint density at radius 3 is 2.27 bits per heavy atom. The normalized spacial score (nSPS) is 11.6. The highest BCUT2D eigenvalue weighted by atomic mass is 16.1. The predicted octanol–water partition coefficient (Wildman–Crippen LogP) is 3.40. The molecule has 2 rings (SSSR count). The summed E-state index contributed by atoms with van der Waals surface area (Å²) in [5.74, 6) is -0.118. The lowest BCUT2D eigenvalue weighted by Gasteiger charge is -2.16. The number of nitrogens with one attached hydrogen (secondary N) is 1.